The van der Waals surface area contributed by atoms with E-state index in [4.69, 9.17) is 11.6 Å². The molecule has 0 bridgehead atoms. The highest BCUT2D eigenvalue weighted by Crippen LogP contribution is 2.16. The summed E-state index contributed by atoms with van der Waals surface area (Å²) >= 11 is 7.12. The summed E-state index contributed by atoms with van der Waals surface area (Å²) in [7, 11) is 1.84. The molecular formula is C11H10ClN3OS. The molecule has 4 nitrogen and oxygen atoms in total. The molecule has 0 spiro atoms. The first-order valence-corrected chi connectivity index (χ1v) is 6.29. The molecule has 0 N–H and O–H groups in total. The summed E-state index contributed by atoms with van der Waals surface area (Å²) in [5, 5.41) is 9.00. The van der Waals surface area contributed by atoms with Crippen LogP contribution in [-0.4, -0.2) is 26.3 Å². The Kier molecular flexibility index (Phi) is 3.81. The van der Waals surface area contributed by atoms with Crippen molar-refractivity contribution in [3.05, 3.63) is 41.2 Å². The van der Waals surface area contributed by atoms with Gasteiger partial charge in [-0.15, -0.1) is 10.2 Å². The van der Waals surface area contributed by atoms with Crippen LogP contribution >= 0.6 is 23.4 Å². The van der Waals surface area contributed by atoms with E-state index in [9.17, 15) is 4.79 Å². The third-order valence-electron chi connectivity index (χ3n) is 2.17. The number of aromatic nitrogens is 3. The normalized spacial score (nSPS) is 10.5. The van der Waals surface area contributed by atoms with Crippen molar-refractivity contribution >= 4 is 29.1 Å². The summed E-state index contributed by atoms with van der Waals surface area (Å²) in [6, 6.07) is 6.87. The molecule has 6 heteroatoms. The van der Waals surface area contributed by atoms with E-state index in [1.807, 2.05) is 7.05 Å². The molecule has 0 fully saturated rings. The van der Waals surface area contributed by atoms with Crippen LogP contribution < -0.4 is 0 Å². The molecule has 0 saturated heterocycles. The fourth-order valence-corrected chi connectivity index (χ4v) is 2.16. The fourth-order valence-electron chi connectivity index (χ4n) is 1.25. The zero-order valence-corrected chi connectivity index (χ0v) is 10.7. The van der Waals surface area contributed by atoms with Crippen molar-refractivity contribution in [3.63, 3.8) is 0 Å². The average Bonchev–Trinajstić information content (AvgIpc) is 2.73. The van der Waals surface area contributed by atoms with Gasteiger partial charge in [-0.25, -0.2) is 0 Å². The molecule has 0 radical (unpaired) electrons. The average molecular weight is 268 g/mol. The number of hydrogen-bond acceptors (Lipinski definition) is 4. The van der Waals surface area contributed by atoms with Crippen LogP contribution in [0.5, 0.6) is 0 Å². The number of Topliss-reactive ketones (excluding diaryl/α,β-unsaturated/α-hetero) is 1. The number of aryl methyl sites for hydroxylation is 1. The molecular weight excluding hydrogens is 258 g/mol. The minimum atomic E-state index is 0.0506. The van der Waals surface area contributed by atoms with Crippen LogP contribution in [0.3, 0.4) is 0 Å². The van der Waals surface area contributed by atoms with E-state index in [2.05, 4.69) is 10.2 Å². The first-order chi connectivity index (χ1) is 8.16. The van der Waals surface area contributed by atoms with E-state index in [0.717, 1.165) is 5.16 Å². The standard InChI is InChI=1S/C11H10ClN3OS/c1-15-7-13-14-11(15)17-6-10(16)8-2-4-9(12)5-3-8/h2-5,7H,6H2,1H3. The number of rotatable bonds is 4. The van der Waals surface area contributed by atoms with Gasteiger partial charge >= 0.3 is 0 Å². The molecule has 0 aliphatic rings. The van der Waals surface area contributed by atoms with Gasteiger partial charge in [0.25, 0.3) is 0 Å². The van der Waals surface area contributed by atoms with E-state index in [1.165, 1.54) is 11.8 Å². The molecule has 0 unspecified atom stereocenters. The highest BCUT2D eigenvalue weighted by molar-refractivity contribution is 7.99. The second kappa shape index (κ2) is 5.33. The quantitative estimate of drug-likeness (QED) is 0.631. The summed E-state index contributed by atoms with van der Waals surface area (Å²) in [5.41, 5.74) is 0.657. The maximum atomic E-state index is 11.8. The third kappa shape index (κ3) is 3.08. The number of nitrogens with zero attached hydrogens (tertiary/aromatic N) is 3. The van der Waals surface area contributed by atoms with Gasteiger partial charge in [0.1, 0.15) is 6.33 Å². The Morgan fingerprint density at radius 3 is 2.71 bits per heavy atom. The number of halogens is 1. The number of thioether (sulfide) groups is 1. The molecule has 1 aromatic heterocycles. The fraction of sp³-hybridized carbons (Fsp3) is 0.182. The van der Waals surface area contributed by atoms with Gasteiger partial charge in [-0.2, -0.15) is 0 Å². The number of ketones is 1. The van der Waals surface area contributed by atoms with Gasteiger partial charge in [-0.1, -0.05) is 23.4 Å². The van der Waals surface area contributed by atoms with Gasteiger partial charge in [-0.3, -0.25) is 4.79 Å². The summed E-state index contributed by atoms with van der Waals surface area (Å²) in [5.74, 6) is 0.392. The van der Waals surface area contributed by atoms with Crippen molar-refractivity contribution in [2.75, 3.05) is 5.75 Å². The Hall–Kier alpha value is -1.33. The van der Waals surface area contributed by atoms with E-state index >= 15 is 0 Å². The van der Waals surface area contributed by atoms with Gasteiger partial charge in [-0.05, 0) is 24.3 Å². The molecule has 1 heterocycles. The van der Waals surface area contributed by atoms with Crippen molar-refractivity contribution in [3.8, 4) is 0 Å². The molecule has 0 aliphatic heterocycles. The Morgan fingerprint density at radius 1 is 1.41 bits per heavy atom. The van der Waals surface area contributed by atoms with E-state index in [0.29, 0.717) is 16.3 Å². The molecule has 0 aliphatic carbocycles. The van der Waals surface area contributed by atoms with Gasteiger partial charge in [0.05, 0.1) is 5.75 Å². The lowest BCUT2D eigenvalue weighted by atomic mass is 10.1. The number of carbonyl (C=O) groups is 1. The minimum Gasteiger partial charge on any atom is -0.312 e. The maximum Gasteiger partial charge on any atom is 0.191 e. The van der Waals surface area contributed by atoms with Crippen molar-refractivity contribution in [2.45, 2.75) is 5.16 Å². The molecule has 0 atom stereocenters. The highest BCUT2D eigenvalue weighted by atomic mass is 35.5. The predicted octanol–water partition coefficient (Wildman–Crippen LogP) is 2.44. The van der Waals surface area contributed by atoms with Gasteiger partial charge < -0.3 is 4.57 Å². The largest absolute Gasteiger partial charge is 0.312 e. The lowest BCUT2D eigenvalue weighted by molar-refractivity contribution is 0.102. The number of hydrogen-bond donors (Lipinski definition) is 0. The first kappa shape index (κ1) is 12.1. The summed E-state index contributed by atoms with van der Waals surface area (Å²) in [4.78, 5) is 11.8. The Bertz CT molecular complexity index is 524. The second-order valence-corrected chi connectivity index (χ2v) is 4.82. The molecule has 2 rings (SSSR count). The lowest BCUT2D eigenvalue weighted by Crippen LogP contribution is -2.03. The monoisotopic (exact) mass is 267 g/mol. The van der Waals surface area contributed by atoms with Crippen molar-refractivity contribution in [2.24, 2.45) is 7.05 Å². The van der Waals surface area contributed by atoms with Crippen LogP contribution in [0.4, 0.5) is 0 Å². The van der Waals surface area contributed by atoms with Crippen LogP contribution in [0.1, 0.15) is 10.4 Å². The van der Waals surface area contributed by atoms with Gasteiger partial charge in [0.2, 0.25) is 0 Å². The van der Waals surface area contributed by atoms with Crippen molar-refractivity contribution in [1.82, 2.24) is 14.8 Å². The molecule has 2 aromatic rings. The Balaban J connectivity index is 1.98. The zero-order valence-electron chi connectivity index (χ0n) is 9.13. The van der Waals surface area contributed by atoms with E-state index in [1.54, 1.807) is 35.2 Å². The predicted molar refractivity (Wildman–Crippen MR) is 67.5 cm³/mol. The van der Waals surface area contributed by atoms with Gasteiger partial charge in [0, 0.05) is 17.6 Å². The zero-order chi connectivity index (χ0) is 12.3. The van der Waals surface area contributed by atoms with Crippen molar-refractivity contribution < 1.29 is 4.79 Å². The SMILES string of the molecule is Cn1cnnc1SCC(=O)c1ccc(Cl)cc1. The highest BCUT2D eigenvalue weighted by Gasteiger charge is 2.09. The third-order valence-corrected chi connectivity index (χ3v) is 3.45. The molecule has 88 valence electrons. The van der Waals surface area contributed by atoms with Crippen LogP contribution in [0.15, 0.2) is 35.7 Å². The van der Waals surface area contributed by atoms with E-state index < -0.39 is 0 Å². The minimum absolute atomic E-state index is 0.0506. The van der Waals surface area contributed by atoms with Gasteiger partial charge in [0.15, 0.2) is 10.9 Å². The summed E-state index contributed by atoms with van der Waals surface area (Å²) in [6.45, 7) is 0. The maximum absolute atomic E-state index is 11.8. The van der Waals surface area contributed by atoms with Crippen LogP contribution in [0.2, 0.25) is 5.02 Å². The van der Waals surface area contributed by atoms with Crippen LogP contribution in [-0.2, 0) is 7.05 Å². The van der Waals surface area contributed by atoms with Crippen LogP contribution in [0, 0.1) is 0 Å². The van der Waals surface area contributed by atoms with E-state index in [-0.39, 0.29) is 5.78 Å². The Morgan fingerprint density at radius 2 is 2.12 bits per heavy atom. The molecule has 1 aromatic carbocycles. The lowest BCUT2D eigenvalue weighted by Gasteiger charge is -2.01. The number of benzene rings is 1. The summed E-state index contributed by atoms with van der Waals surface area (Å²) < 4.78 is 1.78. The molecule has 0 saturated carbocycles. The Labute approximate surface area is 108 Å². The smallest absolute Gasteiger partial charge is 0.191 e. The summed E-state index contributed by atoms with van der Waals surface area (Å²) in [6.07, 6.45) is 1.61. The molecule has 17 heavy (non-hydrogen) atoms. The van der Waals surface area contributed by atoms with Crippen molar-refractivity contribution in [1.29, 1.82) is 0 Å². The number of carbonyl (C=O) groups excluding carboxylic acids is 1. The first-order valence-electron chi connectivity index (χ1n) is 4.92. The van der Waals surface area contributed by atoms with Crippen LogP contribution in [0.25, 0.3) is 0 Å². The topological polar surface area (TPSA) is 47.8 Å². The molecule has 0 amide bonds. The second-order valence-electron chi connectivity index (χ2n) is 3.44.